The molecule has 0 amide bonds. The van der Waals surface area contributed by atoms with Crippen LogP contribution in [0.15, 0.2) is 18.2 Å². The summed E-state index contributed by atoms with van der Waals surface area (Å²) in [5, 5.41) is 0.191. The highest BCUT2D eigenvalue weighted by Crippen LogP contribution is 2.41. The van der Waals surface area contributed by atoms with E-state index in [0.717, 1.165) is 24.3 Å². The van der Waals surface area contributed by atoms with Crippen molar-refractivity contribution < 1.29 is 4.39 Å². The monoisotopic (exact) mass is 284 g/mol. The number of hydrogen-bond acceptors (Lipinski definition) is 2. The second-order valence-electron chi connectivity index (χ2n) is 5.82. The first-order valence-electron chi connectivity index (χ1n) is 6.94. The van der Waals surface area contributed by atoms with Gasteiger partial charge >= 0.3 is 0 Å². The Morgan fingerprint density at radius 1 is 1.32 bits per heavy atom. The number of nitrogens with one attached hydrogen (secondary N) is 1. The first kappa shape index (κ1) is 14.8. The molecule has 1 aromatic rings. The molecule has 1 aliphatic rings. The Hall–Kier alpha value is -0.640. The van der Waals surface area contributed by atoms with Crippen LogP contribution in [0.4, 0.5) is 4.39 Å². The van der Waals surface area contributed by atoms with Gasteiger partial charge in [0.25, 0.3) is 0 Å². The average Bonchev–Trinajstić information content (AvgIpc) is 2.39. The highest BCUT2D eigenvalue weighted by Gasteiger charge is 2.31. The molecule has 4 unspecified atom stereocenters. The number of benzene rings is 1. The molecule has 0 heterocycles. The van der Waals surface area contributed by atoms with E-state index in [2.05, 4.69) is 19.3 Å². The van der Waals surface area contributed by atoms with E-state index in [1.807, 2.05) is 6.07 Å². The van der Waals surface area contributed by atoms with Gasteiger partial charge in [0.2, 0.25) is 0 Å². The van der Waals surface area contributed by atoms with E-state index in [4.69, 9.17) is 17.4 Å². The Kier molecular flexibility index (Phi) is 4.82. The van der Waals surface area contributed by atoms with Gasteiger partial charge in [0, 0.05) is 0 Å². The third-order valence-electron chi connectivity index (χ3n) is 4.61. The lowest BCUT2D eigenvalue weighted by Gasteiger charge is -2.36. The van der Waals surface area contributed by atoms with Crippen molar-refractivity contribution in [2.24, 2.45) is 23.6 Å². The maximum absolute atomic E-state index is 13.6. The van der Waals surface area contributed by atoms with Gasteiger partial charge in [-0.2, -0.15) is 0 Å². The van der Waals surface area contributed by atoms with Gasteiger partial charge in [-0.05, 0) is 42.2 Å². The molecule has 1 aliphatic carbocycles. The lowest BCUT2D eigenvalue weighted by Crippen LogP contribution is -2.37. The molecule has 0 radical (unpaired) electrons. The first-order valence-corrected chi connectivity index (χ1v) is 7.32. The molecule has 1 fully saturated rings. The molecular weight excluding hydrogens is 263 g/mol. The number of nitrogens with two attached hydrogens (primary N) is 1. The van der Waals surface area contributed by atoms with Crippen LogP contribution in [-0.4, -0.2) is 0 Å². The number of halogens is 2. The van der Waals surface area contributed by atoms with Crippen molar-refractivity contribution in [3.8, 4) is 0 Å². The molecule has 0 spiro atoms. The fraction of sp³-hybridized carbons (Fsp3) is 0.600. The smallest absolute Gasteiger partial charge is 0.142 e. The average molecular weight is 285 g/mol. The minimum Gasteiger partial charge on any atom is -0.271 e. The number of hydrazine groups is 1. The van der Waals surface area contributed by atoms with Gasteiger partial charge in [0.15, 0.2) is 0 Å². The number of rotatable bonds is 3. The van der Waals surface area contributed by atoms with E-state index in [0.29, 0.717) is 11.8 Å². The quantitative estimate of drug-likeness (QED) is 0.649. The van der Waals surface area contributed by atoms with Crippen molar-refractivity contribution in [1.82, 2.24) is 5.43 Å². The predicted molar refractivity (Wildman–Crippen MR) is 77.1 cm³/mol. The molecule has 4 heteroatoms. The van der Waals surface area contributed by atoms with Gasteiger partial charge in [0.1, 0.15) is 5.82 Å². The molecule has 4 atom stereocenters. The minimum atomic E-state index is -0.378. The zero-order valence-electron chi connectivity index (χ0n) is 11.5. The molecule has 3 N–H and O–H groups in total. The molecule has 1 aromatic carbocycles. The summed E-state index contributed by atoms with van der Waals surface area (Å²) in [6.45, 7) is 4.57. The summed E-state index contributed by atoms with van der Waals surface area (Å²) in [5.74, 6) is 7.15. The van der Waals surface area contributed by atoms with Crippen molar-refractivity contribution in [2.45, 2.75) is 39.2 Å². The van der Waals surface area contributed by atoms with E-state index in [-0.39, 0.29) is 16.9 Å². The van der Waals surface area contributed by atoms with Gasteiger partial charge < -0.3 is 0 Å². The van der Waals surface area contributed by atoms with Crippen molar-refractivity contribution in [1.29, 1.82) is 0 Å². The SMILES string of the molecule is CC1CCC(C(NN)c2cccc(F)c2Cl)CC1C. The summed E-state index contributed by atoms with van der Waals surface area (Å²) in [6.07, 6.45) is 3.40. The van der Waals surface area contributed by atoms with E-state index in [1.165, 1.54) is 12.5 Å². The van der Waals surface area contributed by atoms with E-state index < -0.39 is 0 Å². The van der Waals surface area contributed by atoms with Crippen LogP contribution in [0.1, 0.15) is 44.7 Å². The largest absolute Gasteiger partial charge is 0.271 e. The maximum atomic E-state index is 13.6. The Bertz CT molecular complexity index is 438. The van der Waals surface area contributed by atoms with E-state index in [1.54, 1.807) is 6.07 Å². The molecular formula is C15H22ClFN2. The van der Waals surface area contributed by atoms with Crippen molar-refractivity contribution in [3.63, 3.8) is 0 Å². The third kappa shape index (κ3) is 3.10. The highest BCUT2D eigenvalue weighted by molar-refractivity contribution is 6.31. The van der Waals surface area contributed by atoms with Crippen molar-refractivity contribution in [3.05, 3.63) is 34.6 Å². The molecule has 106 valence electrons. The van der Waals surface area contributed by atoms with Gasteiger partial charge in [-0.15, -0.1) is 0 Å². The van der Waals surface area contributed by atoms with Crippen LogP contribution in [0.3, 0.4) is 0 Å². The second-order valence-corrected chi connectivity index (χ2v) is 6.19. The van der Waals surface area contributed by atoms with Crippen molar-refractivity contribution in [2.75, 3.05) is 0 Å². The Morgan fingerprint density at radius 2 is 2.05 bits per heavy atom. The predicted octanol–water partition coefficient (Wildman–Crippen LogP) is 4.06. The topological polar surface area (TPSA) is 38.0 Å². The van der Waals surface area contributed by atoms with Crippen LogP contribution in [-0.2, 0) is 0 Å². The Labute approximate surface area is 119 Å². The summed E-state index contributed by atoms with van der Waals surface area (Å²) in [4.78, 5) is 0. The standard InChI is InChI=1S/C15H22ClFN2/c1-9-6-7-11(8-10(9)2)15(19-18)12-4-3-5-13(17)14(12)16/h3-5,9-11,15,19H,6-8,18H2,1-2H3. The van der Waals surface area contributed by atoms with Crippen LogP contribution in [0.25, 0.3) is 0 Å². The zero-order valence-corrected chi connectivity index (χ0v) is 12.3. The molecule has 1 saturated carbocycles. The van der Waals surface area contributed by atoms with E-state index >= 15 is 0 Å². The molecule has 2 rings (SSSR count). The van der Waals surface area contributed by atoms with Crippen LogP contribution >= 0.6 is 11.6 Å². The summed E-state index contributed by atoms with van der Waals surface area (Å²) in [7, 11) is 0. The Morgan fingerprint density at radius 3 is 2.68 bits per heavy atom. The second kappa shape index (κ2) is 6.21. The molecule has 2 nitrogen and oxygen atoms in total. The van der Waals surface area contributed by atoms with Gasteiger partial charge in [-0.3, -0.25) is 11.3 Å². The van der Waals surface area contributed by atoms with Crippen molar-refractivity contribution >= 4 is 11.6 Å². The molecule has 19 heavy (non-hydrogen) atoms. The fourth-order valence-corrected chi connectivity index (χ4v) is 3.38. The zero-order chi connectivity index (χ0) is 14.0. The molecule has 0 bridgehead atoms. The maximum Gasteiger partial charge on any atom is 0.142 e. The summed E-state index contributed by atoms with van der Waals surface area (Å²) in [5.41, 5.74) is 3.61. The Balaban J connectivity index is 2.22. The fourth-order valence-electron chi connectivity index (χ4n) is 3.13. The van der Waals surface area contributed by atoms with Crippen LogP contribution < -0.4 is 11.3 Å². The lowest BCUT2D eigenvalue weighted by molar-refractivity contribution is 0.171. The van der Waals surface area contributed by atoms with E-state index in [9.17, 15) is 4.39 Å². The summed E-state index contributed by atoms with van der Waals surface area (Å²) in [6, 6.07) is 4.86. The van der Waals surface area contributed by atoms with Gasteiger partial charge in [-0.25, -0.2) is 4.39 Å². The van der Waals surface area contributed by atoms with Crippen LogP contribution in [0.5, 0.6) is 0 Å². The van der Waals surface area contributed by atoms with Crippen LogP contribution in [0, 0.1) is 23.6 Å². The minimum absolute atomic E-state index is 0.0712. The normalized spacial score (nSPS) is 29.2. The van der Waals surface area contributed by atoms with Crippen LogP contribution in [0.2, 0.25) is 5.02 Å². The molecule has 0 aromatic heterocycles. The third-order valence-corrected chi connectivity index (χ3v) is 5.00. The summed E-state index contributed by atoms with van der Waals surface area (Å²) >= 11 is 6.08. The van der Waals surface area contributed by atoms with Gasteiger partial charge in [0.05, 0.1) is 11.1 Å². The molecule has 0 saturated heterocycles. The summed E-state index contributed by atoms with van der Waals surface area (Å²) < 4.78 is 13.6. The lowest BCUT2D eigenvalue weighted by atomic mass is 9.72. The first-order chi connectivity index (χ1) is 9.04. The molecule has 0 aliphatic heterocycles. The number of hydrogen-bond donors (Lipinski definition) is 2. The highest BCUT2D eigenvalue weighted by atomic mass is 35.5. The van der Waals surface area contributed by atoms with Gasteiger partial charge in [-0.1, -0.05) is 44.0 Å².